The van der Waals surface area contributed by atoms with Gasteiger partial charge in [-0.1, -0.05) is 209 Å². The van der Waals surface area contributed by atoms with Crippen LogP contribution in [-0.2, 0) is 28.6 Å². The summed E-state index contributed by atoms with van der Waals surface area (Å²) in [4.78, 5) is 37.7. The first kappa shape index (κ1) is 53.9. The van der Waals surface area contributed by atoms with E-state index in [0.29, 0.717) is 19.3 Å². The Balaban J connectivity index is 4.48. The Kier molecular flexibility index (Phi) is 43.0. The molecule has 0 aliphatic rings. The minimum absolute atomic E-state index is 0.103. The highest BCUT2D eigenvalue weighted by atomic mass is 16.6. The molecule has 0 saturated carbocycles. The quantitative estimate of drug-likeness (QED) is 0.0265. The molecule has 0 saturated heterocycles. The first-order valence-electron chi connectivity index (χ1n) is 23.4. The molecule has 0 spiro atoms. The smallest absolute Gasteiger partial charge is 0.306 e. The van der Waals surface area contributed by atoms with Crippen molar-refractivity contribution in [1.29, 1.82) is 0 Å². The maximum atomic E-state index is 12.7. The molecule has 0 aliphatic heterocycles. The number of unbranched alkanes of at least 4 members (excludes halogenated alkanes) is 18. The van der Waals surface area contributed by atoms with Crippen LogP contribution < -0.4 is 0 Å². The van der Waals surface area contributed by atoms with Gasteiger partial charge in [0.2, 0.25) is 0 Å². The van der Waals surface area contributed by atoms with Crippen LogP contribution in [0, 0.1) is 0 Å². The molecule has 0 unspecified atom stereocenters. The third-order valence-electron chi connectivity index (χ3n) is 9.74. The van der Waals surface area contributed by atoms with Gasteiger partial charge in [-0.05, 0) is 57.8 Å². The topological polar surface area (TPSA) is 78.9 Å². The van der Waals surface area contributed by atoms with Crippen molar-refractivity contribution in [2.45, 2.75) is 219 Å². The lowest BCUT2D eigenvalue weighted by molar-refractivity contribution is -0.166. The van der Waals surface area contributed by atoms with E-state index in [-0.39, 0.29) is 31.6 Å². The number of hydrogen-bond acceptors (Lipinski definition) is 6. The van der Waals surface area contributed by atoms with E-state index < -0.39 is 12.1 Å². The average Bonchev–Trinajstić information content (AvgIpc) is 3.21. The summed E-state index contributed by atoms with van der Waals surface area (Å²) >= 11 is 0. The Morgan fingerprint density at radius 2 is 0.684 bits per heavy atom. The highest BCUT2D eigenvalue weighted by Gasteiger charge is 2.19. The lowest BCUT2D eigenvalue weighted by Gasteiger charge is -2.18. The molecule has 0 atom stereocenters. The zero-order valence-corrected chi connectivity index (χ0v) is 37.1. The Labute approximate surface area is 351 Å². The van der Waals surface area contributed by atoms with Crippen molar-refractivity contribution in [2.24, 2.45) is 0 Å². The van der Waals surface area contributed by atoms with Crippen LogP contribution in [0.4, 0.5) is 0 Å². The first-order valence-corrected chi connectivity index (χ1v) is 23.4. The lowest BCUT2D eigenvalue weighted by Crippen LogP contribution is -2.30. The number of allylic oxidation sites excluding steroid dienone is 12. The fraction of sp³-hybridized carbons (Fsp3) is 0.706. The third kappa shape index (κ3) is 43.8. The zero-order chi connectivity index (χ0) is 41.5. The summed E-state index contributed by atoms with van der Waals surface area (Å²) in [7, 11) is 0. The molecule has 6 nitrogen and oxygen atoms in total. The molecule has 0 amide bonds. The van der Waals surface area contributed by atoms with Gasteiger partial charge in [0.1, 0.15) is 13.2 Å². The maximum Gasteiger partial charge on any atom is 0.306 e. The lowest BCUT2D eigenvalue weighted by atomic mass is 10.1. The summed E-state index contributed by atoms with van der Waals surface area (Å²) in [6.07, 6.45) is 56.1. The second kappa shape index (κ2) is 45.6. The fourth-order valence-corrected chi connectivity index (χ4v) is 6.23. The highest BCUT2D eigenvalue weighted by Crippen LogP contribution is 2.14. The van der Waals surface area contributed by atoms with Gasteiger partial charge in [-0.2, -0.15) is 0 Å². The summed E-state index contributed by atoms with van der Waals surface area (Å²) in [6.45, 7) is 6.42. The largest absolute Gasteiger partial charge is 0.462 e. The van der Waals surface area contributed by atoms with Crippen LogP contribution in [0.3, 0.4) is 0 Å². The Morgan fingerprint density at radius 1 is 0.368 bits per heavy atom. The van der Waals surface area contributed by atoms with E-state index in [1.807, 2.05) is 12.2 Å². The zero-order valence-electron chi connectivity index (χ0n) is 37.1. The predicted octanol–water partition coefficient (Wildman–Crippen LogP) is 15.1. The molecule has 0 bridgehead atoms. The van der Waals surface area contributed by atoms with Gasteiger partial charge < -0.3 is 14.2 Å². The summed E-state index contributed by atoms with van der Waals surface area (Å²) < 4.78 is 16.6. The summed E-state index contributed by atoms with van der Waals surface area (Å²) in [5.74, 6) is -0.994. The predicted molar refractivity (Wildman–Crippen MR) is 242 cm³/mol. The molecule has 0 aromatic heterocycles. The monoisotopic (exact) mass is 795 g/mol. The van der Waals surface area contributed by atoms with Crippen molar-refractivity contribution in [1.82, 2.24) is 0 Å². The van der Waals surface area contributed by atoms with Crippen molar-refractivity contribution >= 4 is 17.9 Å². The minimum atomic E-state index is -0.809. The van der Waals surface area contributed by atoms with Crippen molar-refractivity contribution in [3.05, 3.63) is 72.9 Å². The Hall–Kier alpha value is -3.15. The van der Waals surface area contributed by atoms with Crippen molar-refractivity contribution < 1.29 is 28.6 Å². The average molecular weight is 795 g/mol. The van der Waals surface area contributed by atoms with Crippen LogP contribution in [0.1, 0.15) is 213 Å². The van der Waals surface area contributed by atoms with Crippen LogP contribution >= 0.6 is 0 Å². The molecule has 0 aromatic rings. The third-order valence-corrected chi connectivity index (χ3v) is 9.74. The van der Waals surface area contributed by atoms with E-state index in [2.05, 4.69) is 81.5 Å². The SMILES string of the molecule is CC/C=C\C/C=C\C/C=C\C/C=C\C/C=C\C/C=C\CCC(=O)OC(COC(=O)CCCCCCCCCCCC)COC(=O)CCCCCCCCCCCC. The molecular formula is C51H86O6. The Bertz CT molecular complexity index is 1060. The summed E-state index contributed by atoms with van der Waals surface area (Å²) in [6, 6.07) is 0. The Morgan fingerprint density at radius 3 is 1.04 bits per heavy atom. The van der Waals surface area contributed by atoms with Crippen molar-refractivity contribution in [3.63, 3.8) is 0 Å². The molecule has 0 aromatic carbocycles. The van der Waals surface area contributed by atoms with Gasteiger partial charge in [0, 0.05) is 19.3 Å². The van der Waals surface area contributed by atoms with Gasteiger partial charge in [0.15, 0.2) is 6.10 Å². The van der Waals surface area contributed by atoms with Crippen LogP contribution in [0.15, 0.2) is 72.9 Å². The van der Waals surface area contributed by atoms with Gasteiger partial charge in [-0.25, -0.2) is 0 Å². The van der Waals surface area contributed by atoms with Gasteiger partial charge in [-0.3, -0.25) is 14.4 Å². The molecule has 57 heavy (non-hydrogen) atoms. The van der Waals surface area contributed by atoms with E-state index in [1.165, 1.54) is 89.9 Å². The van der Waals surface area contributed by atoms with Crippen molar-refractivity contribution in [3.8, 4) is 0 Å². The second-order valence-corrected chi connectivity index (χ2v) is 15.3. The minimum Gasteiger partial charge on any atom is -0.462 e. The highest BCUT2D eigenvalue weighted by molar-refractivity contribution is 5.71. The van der Waals surface area contributed by atoms with Crippen molar-refractivity contribution in [2.75, 3.05) is 13.2 Å². The summed E-state index contributed by atoms with van der Waals surface area (Å²) in [5, 5.41) is 0. The van der Waals surface area contributed by atoms with E-state index in [1.54, 1.807) is 0 Å². The van der Waals surface area contributed by atoms with E-state index in [4.69, 9.17) is 14.2 Å². The number of rotatable bonds is 41. The van der Waals surface area contributed by atoms with Gasteiger partial charge in [0.25, 0.3) is 0 Å². The first-order chi connectivity index (χ1) is 28.0. The molecule has 0 fully saturated rings. The molecule has 0 heterocycles. The molecule has 0 N–H and O–H groups in total. The molecular weight excluding hydrogens is 709 g/mol. The van der Waals surface area contributed by atoms with E-state index >= 15 is 0 Å². The van der Waals surface area contributed by atoms with E-state index in [9.17, 15) is 14.4 Å². The van der Waals surface area contributed by atoms with Gasteiger partial charge in [0.05, 0.1) is 0 Å². The summed E-state index contributed by atoms with van der Waals surface area (Å²) in [5.41, 5.74) is 0. The standard InChI is InChI=1S/C51H86O6/c1-4-7-10-13-16-19-22-23-24-25-26-27-28-29-30-33-36-39-42-45-51(54)57-48(46-55-49(52)43-40-37-34-31-20-17-14-11-8-5-2)47-56-50(53)44-41-38-35-32-21-18-15-12-9-6-3/h7,10,16,19,23-24,26-27,29-30,36,39,48H,4-6,8-9,11-15,17-18,20-22,25,28,31-35,37-38,40-47H2,1-3H3/b10-7-,19-16-,24-23-,27-26-,30-29-,39-36-. The number of ether oxygens (including phenoxy) is 3. The molecule has 326 valence electrons. The molecule has 0 rings (SSSR count). The van der Waals surface area contributed by atoms with Crippen LogP contribution in [0.25, 0.3) is 0 Å². The molecule has 0 aliphatic carbocycles. The maximum absolute atomic E-state index is 12.7. The van der Waals surface area contributed by atoms with Crippen LogP contribution in [-0.4, -0.2) is 37.2 Å². The molecule has 6 heteroatoms. The number of esters is 3. The normalized spacial score (nSPS) is 12.2. The number of carbonyl (C=O) groups is 3. The number of carbonyl (C=O) groups excluding carboxylic acids is 3. The van der Waals surface area contributed by atoms with Gasteiger partial charge in [-0.15, -0.1) is 0 Å². The molecule has 0 radical (unpaired) electrons. The van der Waals surface area contributed by atoms with Gasteiger partial charge >= 0.3 is 17.9 Å². The second-order valence-electron chi connectivity index (χ2n) is 15.3. The van der Waals surface area contributed by atoms with E-state index in [0.717, 1.165) is 77.0 Å². The number of hydrogen-bond donors (Lipinski definition) is 0. The van der Waals surface area contributed by atoms with Crippen LogP contribution in [0.2, 0.25) is 0 Å². The van der Waals surface area contributed by atoms with Crippen LogP contribution in [0.5, 0.6) is 0 Å². The fourth-order valence-electron chi connectivity index (χ4n) is 6.23.